The van der Waals surface area contributed by atoms with E-state index in [1.807, 2.05) is 0 Å². The second-order valence-corrected chi connectivity index (χ2v) is 4.92. The zero-order valence-electron chi connectivity index (χ0n) is 7.93. The first-order chi connectivity index (χ1) is 6.21. The molecule has 13 heavy (non-hydrogen) atoms. The van der Waals surface area contributed by atoms with Gasteiger partial charge in [-0.05, 0) is 37.0 Å². The molecule has 4 aliphatic rings. The zero-order chi connectivity index (χ0) is 9.10. The molecular formula is C10H15NO2. The van der Waals surface area contributed by atoms with Gasteiger partial charge >= 0.3 is 5.97 Å². The smallest absolute Gasteiger partial charge is 0.326 e. The van der Waals surface area contributed by atoms with Crippen LogP contribution in [0.2, 0.25) is 0 Å². The Kier molecular flexibility index (Phi) is 1.25. The molecule has 2 saturated carbocycles. The van der Waals surface area contributed by atoms with Crippen LogP contribution in [0.3, 0.4) is 0 Å². The van der Waals surface area contributed by atoms with E-state index in [9.17, 15) is 4.79 Å². The highest BCUT2D eigenvalue weighted by atomic mass is 16.5. The number of carbonyl (C=O) groups excluding carboxylic acids is 1. The lowest BCUT2D eigenvalue weighted by molar-refractivity contribution is -0.153. The first kappa shape index (κ1) is 7.80. The van der Waals surface area contributed by atoms with Gasteiger partial charge in [-0.3, -0.25) is 4.79 Å². The van der Waals surface area contributed by atoms with Crippen LogP contribution in [-0.4, -0.2) is 25.2 Å². The summed E-state index contributed by atoms with van der Waals surface area (Å²) in [4.78, 5) is 11.5. The number of nitrogens with one attached hydrogen (secondary N) is 1. The van der Waals surface area contributed by atoms with Crippen LogP contribution in [0.15, 0.2) is 0 Å². The Morgan fingerprint density at radius 1 is 1.46 bits per heavy atom. The molecule has 2 bridgehead atoms. The van der Waals surface area contributed by atoms with Crippen molar-refractivity contribution in [2.24, 2.45) is 11.3 Å². The maximum Gasteiger partial charge on any atom is 0.326 e. The van der Waals surface area contributed by atoms with Crippen molar-refractivity contribution in [2.75, 3.05) is 13.7 Å². The number of methoxy groups -OCH3 is 1. The number of hydrogen-bond donors (Lipinski definition) is 1. The third kappa shape index (κ3) is 0.810. The van der Waals surface area contributed by atoms with Crippen molar-refractivity contribution in [1.82, 2.24) is 5.32 Å². The van der Waals surface area contributed by atoms with E-state index >= 15 is 0 Å². The summed E-state index contributed by atoms with van der Waals surface area (Å²) in [5.74, 6) is 0.849. The molecule has 0 atom stereocenters. The number of rotatable bonds is 2. The number of fused-ring (bicyclic) bond motifs is 1. The molecule has 72 valence electrons. The van der Waals surface area contributed by atoms with E-state index < -0.39 is 0 Å². The Morgan fingerprint density at radius 2 is 2.15 bits per heavy atom. The molecule has 4 rings (SSSR count). The van der Waals surface area contributed by atoms with Crippen LogP contribution in [-0.2, 0) is 9.53 Å². The summed E-state index contributed by atoms with van der Waals surface area (Å²) >= 11 is 0. The van der Waals surface area contributed by atoms with Gasteiger partial charge in [0.15, 0.2) is 0 Å². The molecule has 0 aromatic heterocycles. The number of carbonyl (C=O) groups is 1. The predicted molar refractivity (Wildman–Crippen MR) is 47.1 cm³/mol. The quantitative estimate of drug-likeness (QED) is 0.637. The maximum absolute atomic E-state index is 11.5. The Labute approximate surface area is 77.8 Å². The van der Waals surface area contributed by atoms with Gasteiger partial charge in [0.05, 0.1) is 7.11 Å². The molecule has 2 aliphatic heterocycles. The van der Waals surface area contributed by atoms with Gasteiger partial charge in [-0.15, -0.1) is 0 Å². The fraction of sp³-hybridized carbons (Fsp3) is 0.900. The van der Waals surface area contributed by atoms with Gasteiger partial charge in [0.25, 0.3) is 0 Å². The highest BCUT2D eigenvalue weighted by Crippen LogP contribution is 2.64. The second-order valence-electron chi connectivity index (χ2n) is 4.92. The summed E-state index contributed by atoms with van der Waals surface area (Å²) in [7, 11) is 1.48. The van der Waals surface area contributed by atoms with Crippen LogP contribution in [0.25, 0.3) is 0 Å². The highest BCUT2D eigenvalue weighted by Gasteiger charge is 2.69. The lowest BCUT2D eigenvalue weighted by Crippen LogP contribution is -2.55. The molecule has 3 nitrogen and oxygen atoms in total. The Morgan fingerprint density at radius 3 is 2.69 bits per heavy atom. The van der Waals surface area contributed by atoms with Crippen molar-refractivity contribution < 1.29 is 9.53 Å². The van der Waals surface area contributed by atoms with Crippen molar-refractivity contribution in [1.29, 1.82) is 0 Å². The van der Waals surface area contributed by atoms with Crippen molar-refractivity contribution in [2.45, 2.75) is 31.2 Å². The zero-order valence-corrected chi connectivity index (χ0v) is 7.93. The molecule has 0 aromatic carbocycles. The standard InChI is InChI=1S/C10H15NO2/c1-13-8(12)10-4-9(5-10,6-11-10)7-2-3-7/h7,11H,2-6H2,1H3. The van der Waals surface area contributed by atoms with Crippen LogP contribution in [0.5, 0.6) is 0 Å². The van der Waals surface area contributed by atoms with E-state index in [1.165, 1.54) is 20.0 Å². The summed E-state index contributed by atoms with van der Waals surface area (Å²) in [6.07, 6.45) is 4.80. The summed E-state index contributed by atoms with van der Waals surface area (Å²) in [5.41, 5.74) is 0.200. The van der Waals surface area contributed by atoms with Crippen LogP contribution in [0.1, 0.15) is 25.7 Å². The summed E-state index contributed by atoms with van der Waals surface area (Å²) in [6.45, 7) is 1.03. The molecule has 3 heteroatoms. The molecule has 0 unspecified atom stereocenters. The van der Waals surface area contributed by atoms with Crippen molar-refractivity contribution in [3.8, 4) is 0 Å². The van der Waals surface area contributed by atoms with Gasteiger partial charge in [-0.1, -0.05) is 0 Å². The first-order valence-corrected chi connectivity index (χ1v) is 5.04. The molecule has 0 spiro atoms. The van der Waals surface area contributed by atoms with Crippen LogP contribution >= 0.6 is 0 Å². The summed E-state index contributed by atoms with van der Waals surface area (Å²) < 4.78 is 4.82. The van der Waals surface area contributed by atoms with Crippen LogP contribution in [0, 0.1) is 11.3 Å². The largest absolute Gasteiger partial charge is 0.468 e. The fourth-order valence-electron chi connectivity index (χ4n) is 3.29. The van der Waals surface area contributed by atoms with Crippen molar-refractivity contribution >= 4 is 5.97 Å². The Balaban J connectivity index is 1.78. The minimum Gasteiger partial charge on any atom is -0.468 e. The normalized spacial score (nSPS) is 47.2. The molecule has 1 N–H and O–H groups in total. The van der Waals surface area contributed by atoms with Gasteiger partial charge < -0.3 is 10.1 Å². The third-order valence-corrected chi connectivity index (χ3v) is 4.11. The molecule has 0 aromatic rings. The molecule has 2 heterocycles. The number of ether oxygens (including phenoxy) is 1. The SMILES string of the molecule is COC(=O)C12CC(C3CC3)(CN1)C2. The van der Waals surface area contributed by atoms with Gasteiger partial charge in [0.2, 0.25) is 0 Å². The molecule has 0 amide bonds. The van der Waals surface area contributed by atoms with E-state index in [2.05, 4.69) is 5.32 Å². The fourth-order valence-corrected chi connectivity index (χ4v) is 3.29. The van der Waals surface area contributed by atoms with E-state index in [0.29, 0.717) is 5.41 Å². The maximum atomic E-state index is 11.5. The highest BCUT2D eigenvalue weighted by molar-refractivity contribution is 5.83. The molecule has 2 saturated heterocycles. The predicted octanol–water partition coefficient (Wildman–Crippen LogP) is 0.692. The van der Waals surface area contributed by atoms with Crippen molar-refractivity contribution in [3.05, 3.63) is 0 Å². The first-order valence-electron chi connectivity index (χ1n) is 5.04. The minimum absolute atomic E-state index is 0.0544. The van der Waals surface area contributed by atoms with Gasteiger partial charge in [-0.2, -0.15) is 0 Å². The monoisotopic (exact) mass is 181 g/mol. The Bertz CT molecular complexity index is 264. The van der Waals surface area contributed by atoms with Gasteiger partial charge in [0, 0.05) is 6.54 Å². The average molecular weight is 181 g/mol. The van der Waals surface area contributed by atoms with E-state index in [-0.39, 0.29) is 11.5 Å². The topological polar surface area (TPSA) is 38.3 Å². The van der Waals surface area contributed by atoms with Crippen LogP contribution < -0.4 is 5.32 Å². The molecule has 4 fully saturated rings. The number of esters is 1. The lowest BCUT2D eigenvalue weighted by atomic mass is 9.59. The van der Waals surface area contributed by atoms with Crippen LogP contribution in [0.4, 0.5) is 0 Å². The minimum atomic E-state index is -0.280. The van der Waals surface area contributed by atoms with E-state index in [1.54, 1.807) is 0 Å². The summed E-state index contributed by atoms with van der Waals surface area (Å²) in [6, 6.07) is 0. The Hall–Kier alpha value is -0.570. The molecular weight excluding hydrogens is 166 g/mol. The second kappa shape index (κ2) is 2.08. The summed E-state index contributed by atoms with van der Waals surface area (Å²) in [5, 5.41) is 3.35. The van der Waals surface area contributed by atoms with E-state index in [0.717, 1.165) is 25.3 Å². The van der Waals surface area contributed by atoms with E-state index in [4.69, 9.17) is 4.74 Å². The van der Waals surface area contributed by atoms with Gasteiger partial charge in [0.1, 0.15) is 5.54 Å². The van der Waals surface area contributed by atoms with Gasteiger partial charge in [-0.25, -0.2) is 0 Å². The average Bonchev–Trinajstić information content (AvgIpc) is 2.78. The number of hydrogen-bond acceptors (Lipinski definition) is 3. The van der Waals surface area contributed by atoms with Crippen molar-refractivity contribution in [3.63, 3.8) is 0 Å². The lowest BCUT2D eigenvalue weighted by Gasteiger charge is -2.44. The third-order valence-electron chi connectivity index (χ3n) is 4.11. The molecule has 2 aliphatic carbocycles. The molecule has 0 radical (unpaired) electrons.